The second-order valence-corrected chi connectivity index (χ2v) is 7.63. The van der Waals surface area contributed by atoms with Crippen molar-refractivity contribution in [2.45, 2.75) is 70.6 Å². The molecule has 0 aromatic carbocycles. The molecule has 0 unspecified atom stereocenters. The van der Waals surface area contributed by atoms with Gasteiger partial charge in [-0.25, -0.2) is 0 Å². The Labute approximate surface area is 122 Å². The molecule has 2 aliphatic carbocycles. The summed E-state index contributed by atoms with van der Waals surface area (Å²) in [6.45, 7) is 3.07. The Balaban J connectivity index is 1.58. The van der Waals surface area contributed by atoms with Crippen molar-refractivity contribution in [3.63, 3.8) is 0 Å². The third kappa shape index (κ3) is 2.74. The van der Waals surface area contributed by atoms with Crippen LogP contribution in [-0.4, -0.2) is 35.6 Å². The van der Waals surface area contributed by atoms with Gasteiger partial charge < -0.3 is 10.0 Å². The summed E-state index contributed by atoms with van der Waals surface area (Å²) in [7, 11) is 0. The molecule has 3 aliphatic rings. The van der Waals surface area contributed by atoms with Gasteiger partial charge in [-0.05, 0) is 57.0 Å². The lowest BCUT2D eigenvalue weighted by Crippen LogP contribution is -2.48. The zero-order chi connectivity index (χ0) is 14.1. The first-order valence-electron chi connectivity index (χ1n) is 8.60. The van der Waals surface area contributed by atoms with Crippen molar-refractivity contribution in [1.29, 1.82) is 0 Å². The zero-order valence-electron chi connectivity index (χ0n) is 12.7. The molecule has 1 spiro atoms. The number of likely N-dealkylation sites (tertiary alicyclic amines) is 1. The minimum atomic E-state index is -0.543. The van der Waals surface area contributed by atoms with E-state index in [0.29, 0.717) is 5.41 Å². The molecule has 3 rings (SSSR count). The number of hydrogen-bond acceptors (Lipinski definition) is 2. The molecule has 20 heavy (non-hydrogen) atoms. The van der Waals surface area contributed by atoms with E-state index in [1.54, 1.807) is 0 Å². The lowest BCUT2D eigenvalue weighted by Gasteiger charge is -2.43. The molecular formula is C17H29NO2. The number of piperidine rings is 1. The highest BCUT2D eigenvalue weighted by Crippen LogP contribution is 2.47. The highest BCUT2D eigenvalue weighted by molar-refractivity contribution is 5.75. The Hall–Kier alpha value is -0.570. The fourth-order valence-electron chi connectivity index (χ4n) is 4.91. The fourth-order valence-corrected chi connectivity index (χ4v) is 4.91. The number of aliphatic carboxylic acids is 1. The summed E-state index contributed by atoms with van der Waals surface area (Å²) in [5.41, 5.74) is 0.206. The Morgan fingerprint density at radius 1 is 0.850 bits per heavy atom. The molecule has 1 N–H and O–H groups in total. The van der Waals surface area contributed by atoms with Crippen LogP contribution < -0.4 is 0 Å². The second-order valence-electron chi connectivity index (χ2n) is 7.63. The number of carboxylic acids is 1. The Morgan fingerprint density at radius 2 is 1.40 bits per heavy atom. The number of hydrogen-bond donors (Lipinski definition) is 1. The summed E-state index contributed by atoms with van der Waals surface area (Å²) < 4.78 is 0. The van der Waals surface area contributed by atoms with E-state index in [2.05, 4.69) is 4.90 Å². The van der Waals surface area contributed by atoms with Crippen molar-refractivity contribution in [2.75, 3.05) is 19.6 Å². The third-order valence-electron chi connectivity index (χ3n) is 6.37. The Bertz CT molecular complexity index is 344. The van der Waals surface area contributed by atoms with Gasteiger partial charge in [-0.2, -0.15) is 0 Å². The van der Waals surface area contributed by atoms with Gasteiger partial charge in [0.25, 0.3) is 0 Å². The van der Waals surface area contributed by atoms with Crippen LogP contribution in [0.25, 0.3) is 0 Å². The van der Waals surface area contributed by atoms with Crippen molar-refractivity contribution in [3.05, 3.63) is 0 Å². The molecule has 0 aromatic rings. The molecule has 1 heterocycles. The number of nitrogens with zero attached hydrogens (tertiary/aromatic N) is 1. The highest BCUT2D eigenvalue weighted by Gasteiger charge is 2.43. The van der Waals surface area contributed by atoms with Crippen LogP contribution in [0.15, 0.2) is 0 Å². The highest BCUT2D eigenvalue weighted by atomic mass is 16.4. The van der Waals surface area contributed by atoms with Crippen molar-refractivity contribution < 1.29 is 9.90 Å². The molecule has 0 bridgehead atoms. The van der Waals surface area contributed by atoms with Crippen molar-refractivity contribution in [3.8, 4) is 0 Å². The topological polar surface area (TPSA) is 40.5 Å². The van der Waals surface area contributed by atoms with Gasteiger partial charge in [0.2, 0.25) is 0 Å². The average molecular weight is 279 g/mol. The summed E-state index contributed by atoms with van der Waals surface area (Å²) in [5, 5.41) is 9.70. The standard InChI is InChI=1S/C17H29NO2/c19-15(20)17(8-2-1-3-9-17)14-18-12-10-16(11-13-18)6-4-5-7-16/h1-14H2,(H,19,20). The molecule has 3 fully saturated rings. The average Bonchev–Trinajstić information content (AvgIpc) is 2.91. The van der Waals surface area contributed by atoms with E-state index in [-0.39, 0.29) is 0 Å². The van der Waals surface area contributed by atoms with Crippen LogP contribution in [0.1, 0.15) is 70.6 Å². The SMILES string of the molecule is O=C(O)C1(CN2CCC3(CCCC3)CC2)CCCCC1. The van der Waals surface area contributed by atoms with Crippen molar-refractivity contribution >= 4 is 5.97 Å². The van der Waals surface area contributed by atoms with Crippen LogP contribution in [0.4, 0.5) is 0 Å². The van der Waals surface area contributed by atoms with Crippen LogP contribution in [0, 0.1) is 10.8 Å². The van der Waals surface area contributed by atoms with Crippen LogP contribution in [-0.2, 0) is 4.79 Å². The largest absolute Gasteiger partial charge is 0.481 e. The normalized spacial score (nSPS) is 29.6. The van der Waals surface area contributed by atoms with E-state index in [1.165, 1.54) is 44.9 Å². The molecule has 0 atom stereocenters. The first-order chi connectivity index (χ1) is 9.64. The lowest BCUT2D eigenvalue weighted by molar-refractivity contribution is -0.153. The zero-order valence-corrected chi connectivity index (χ0v) is 12.7. The van der Waals surface area contributed by atoms with Gasteiger partial charge in [-0.15, -0.1) is 0 Å². The molecule has 0 amide bonds. The first-order valence-corrected chi connectivity index (χ1v) is 8.60. The number of carbonyl (C=O) groups is 1. The molecule has 3 nitrogen and oxygen atoms in total. The summed E-state index contributed by atoms with van der Waals surface area (Å²) in [5.74, 6) is -0.543. The predicted octanol–water partition coefficient (Wildman–Crippen LogP) is 3.68. The first kappa shape index (κ1) is 14.4. The van der Waals surface area contributed by atoms with Crippen molar-refractivity contribution in [2.24, 2.45) is 10.8 Å². The third-order valence-corrected chi connectivity index (χ3v) is 6.37. The smallest absolute Gasteiger partial charge is 0.310 e. The summed E-state index contributed by atoms with van der Waals surface area (Å²) in [4.78, 5) is 14.2. The van der Waals surface area contributed by atoms with Crippen LogP contribution >= 0.6 is 0 Å². The maximum absolute atomic E-state index is 11.8. The number of rotatable bonds is 3. The molecular weight excluding hydrogens is 250 g/mol. The molecule has 1 saturated heterocycles. The maximum atomic E-state index is 11.8. The van der Waals surface area contributed by atoms with E-state index in [0.717, 1.165) is 45.3 Å². The summed E-state index contributed by atoms with van der Waals surface area (Å²) in [6.07, 6.45) is 13.5. The van der Waals surface area contributed by atoms with Gasteiger partial charge in [0.1, 0.15) is 0 Å². The maximum Gasteiger partial charge on any atom is 0.310 e. The minimum absolute atomic E-state index is 0.432. The predicted molar refractivity (Wildman–Crippen MR) is 79.7 cm³/mol. The molecule has 1 aliphatic heterocycles. The second kappa shape index (κ2) is 5.67. The van der Waals surface area contributed by atoms with Crippen LogP contribution in [0.3, 0.4) is 0 Å². The number of carboxylic acid groups (broad SMARTS) is 1. The molecule has 3 heteroatoms. The summed E-state index contributed by atoms with van der Waals surface area (Å²) in [6, 6.07) is 0. The van der Waals surface area contributed by atoms with E-state index in [9.17, 15) is 9.90 Å². The van der Waals surface area contributed by atoms with Gasteiger partial charge in [0.05, 0.1) is 5.41 Å². The van der Waals surface area contributed by atoms with E-state index >= 15 is 0 Å². The van der Waals surface area contributed by atoms with Gasteiger partial charge >= 0.3 is 5.97 Å². The quantitative estimate of drug-likeness (QED) is 0.856. The van der Waals surface area contributed by atoms with E-state index in [4.69, 9.17) is 0 Å². The van der Waals surface area contributed by atoms with E-state index in [1.807, 2.05) is 0 Å². The Kier molecular flexibility index (Phi) is 4.07. The fraction of sp³-hybridized carbons (Fsp3) is 0.941. The summed E-state index contributed by atoms with van der Waals surface area (Å²) >= 11 is 0. The monoisotopic (exact) mass is 279 g/mol. The molecule has 0 radical (unpaired) electrons. The molecule has 114 valence electrons. The molecule has 2 saturated carbocycles. The van der Waals surface area contributed by atoms with E-state index < -0.39 is 11.4 Å². The van der Waals surface area contributed by atoms with Crippen LogP contribution in [0.5, 0.6) is 0 Å². The molecule has 0 aromatic heterocycles. The Morgan fingerprint density at radius 3 is 1.95 bits per heavy atom. The minimum Gasteiger partial charge on any atom is -0.481 e. The van der Waals surface area contributed by atoms with Gasteiger partial charge in [0.15, 0.2) is 0 Å². The van der Waals surface area contributed by atoms with Crippen molar-refractivity contribution in [1.82, 2.24) is 4.90 Å². The lowest BCUT2D eigenvalue weighted by atomic mass is 9.72. The van der Waals surface area contributed by atoms with Gasteiger partial charge in [-0.3, -0.25) is 4.79 Å². The van der Waals surface area contributed by atoms with Gasteiger partial charge in [-0.1, -0.05) is 32.1 Å². The van der Waals surface area contributed by atoms with Gasteiger partial charge in [0, 0.05) is 6.54 Å². The van der Waals surface area contributed by atoms with Crippen LogP contribution in [0.2, 0.25) is 0 Å².